The van der Waals surface area contributed by atoms with Crippen LogP contribution in [0.5, 0.6) is 5.75 Å². The van der Waals surface area contributed by atoms with Gasteiger partial charge in [-0.05, 0) is 25.5 Å². The standard InChI is InChI=1S/C11H13ClO2/c1-7(13)5-8-6-14-10-4-2-3-9(12)11(8)10/h2-4,7-8,13H,5-6H2,1H3. The molecule has 2 unspecified atom stereocenters. The number of ether oxygens (including phenoxy) is 1. The van der Waals surface area contributed by atoms with Crippen LogP contribution < -0.4 is 4.74 Å². The highest BCUT2D eigenvalue weighted by Crippen LogP contribution is 2.40. The lowest BCUT2D eigenvalue weighted by Gasteiger charge is -2.11. The van der Waals surface area contributed by atoms with E-state index in [1.807, 2.05) is 18.2 Å². The van der Waals surface area contributed by atoms with Crippen LogP contribution in [0.25, 0.3) is 0 Å². The lowest BCUT2D eigenvalue weighted by atomic mass is 9.95. The zero-order valence-electron chi connectivity index (χ0n) is 8.03. The monoisotopic (exact) mass is 212 g/mol. The number of aliphatic hydroxyl groups excluding tert-OH is 1. The molecule has 2 atom stereocenters. The van der Waals surface area contributed by atoms with Crippen LogP contribution in [-0.4, -0.2) is 17.8 Å². The fourth-order valence-electron chi connectivity index (χ4n) is 1.91. The summed E-state index contributed by atoms with van der Waals surface area (Å²) in [6.45, 7) is 2.42. The second-order valence-electron chi connectivity index (χ2n) is 3.74. The third-order valence-corrected chi connectivity index (χ3v) is 2.82. The zero-order chi connectivity index (χ0) is 10.1. The molecule has 2 nitrogen and oxygen atoms in total. The molecule has 1 N–H and O–H groups in total. The van der Waals surface area contributed by atoms with Crippen molar-refractivity contribution in [2.24, 2.45) is 0 Å². The molecular formula is C11H13ClO2. The normalized spacial score (nSPS) is 21.5. The van der Waals surface area contributed by atoms with Gasteiger partial charge in [0.15, 0.2) is 0 Å². The van der Waals surface area contributed by atoms with Crippen LogP contribution >= 0.6 is 11.6 Å². The fraction of sp³-hybridized carbons (Fsp3) is 0.455. The number of hydrogen-bond acceptors (Lipinski definition) is 2. The second-order valence-corrected chi connectivity index (χ2v) is 4.15. The van der Waals surface area contributed by atoms with E-state index in [1.54, 1.807) is 6.92 Å². The molecule has 0 saturated carbocycles. The lowest BCUT2D eigenvalue weighted by Crippen LogP contribution is -2.09. The second kappa shape index (κ2) is 3.79. The minimum atomic E-state index is -0.314. The highest BCUT2D eigenvalue weighted by atomic mass is 35.5. The molecule has 0 aromatic heterocycles. The third kappa shape index (κ3) is 1.72. The quantitative estimate of drug-likeness (QED) is 0.817. The fourth-order valence-corrected chi connectivity index (χ4v) is 2.23. The summed E-state index contributed by atoms with van der Waals surface area (Å²) in [6, 6.07) is 5.67. The molecule has 1 aromatic carbocycles. The van der Waals surface area contributed by atoms with Gasteiger partial charge in [0.05, 0.1) is 12.7 Å². The molecule has 1 heterocycles. The van der Waals surface area contributed by atoms with Crippen LogP contribution in [-0.2, 0) is 0 Å². The van der Waals surface area contributed by atoms with Crippen molar-refractivity contribution in [2.45, 2.75) is 25.4 Å². The van der Waals surface area contributed by atoms with E-state index in [4.69, 9.17) is 16.3 Å². The van der Waals surface area contributed by atoms with Crippen LogP contribution in [0, 0.1) is 0 Å². The van der Waals surface area contributed by atoms with E-state index in [9.17, 15) is 5.11 Å². The predicted octanol–water partition coefficient (Wildman–Crippen LogP) is 2.59. The van der Waals surface area contributed by atoms with Gasteiger partial charge in [-0.3, -0.25) is 0 Å². The maximum atomic E-state index is 9.33. The summed E-state index contributed by atoms with van der Waals surface area (Å²) in [6.07, 6.45) is 0.391. The average molecular weight is 213 g/mol. The topological polar surface area (TPSA) is 29.5 Å². The van der Waals surface area contributed by atoms with Crippen molar-refractivity contribution >= 4 is 11.6 Å². The summed E-state index contributed by atoms with van der Waals surface area (Å²) in [4.78, 5) is 0. The molecule has 14 heavy (non-hydrogen) atoms. The van der Waals surface area contributed by atoms with Crippen LogP contribution in [0.2, 0.25) is 5.02 Å². The molecule has 3 heteroatoms. The molecule has 0 bridgehead atoms. The van der Waals surface area contributed by atoms with E-state index in [0.29, 0.717) is 13.0 Å². The minimum Gasteiger partial charge on any atom is -0.493 e. The van der Waals surface area contributed by atoms with Crippen LogP contribution in [0.4, 0.5) is 0 Å². The Labute approximate surface area is 88.5 Å². The van der Waals surface area contributed by atoms with Gasteiger partial charge in [0.25, 0.3) is 0 Å². The first-order chi connectivity index (χ1) is 6.68. The number of fused-ring (bicyclic) bond motifs is 1. The molecular weight excluding hydrogens is 200 g/mol. The zero-order valence-corrected chi connectivity index (χ0v) is 8.79. The van der Waals surface area contributed by atoms with E-state index < -0.39 is 0 Å². The summed E-state index contributed by atoms with van der Waals surface area (Å²) < 4.78 is 5.50. The van der Waals surface area contributed by atoms with E-state index in [2.05, 4.69) is 0 Å². The maximum absolute atomic E-state index is 9.33. The van der Waals surface area contributed by atoms with E-state index in [1.165, 1.54) is 0 Å². The van der Waals surface area contributed by atoms with Gasteiger partial charge in [-0.25, -0.2) is 0 Å². The van der Waals surface area contributed by atoms with Crippen molar-refractivity contribution in [2.75, 3.05) is 6.61 Å². The van der Waals surface area contributed by atoms with E-state index in [-0.39, 0.29) is 12.0 Å². The van der Waals surface area contributed by atoms with Crippen molar-refractivity contribution in [3.05, 3.63) is 28.8 Å². The average Bonchev–Trinajstić information content (AvgIpc) is 2.49. The number of halogens is 1. The Bertz CT molecular complexity index is 336. The first kappa shape index (κ1) is 9.81. The molecule has 1 aromatic rings. The first-order valence-electron chi connectivity index (χ1n) is 4.77. The Hall–Kier alpha value is -0.730. The van der Waals surface area contributed by atoms with Crippen molar-refractivity contribution < 1.29 is 9.84 Å². The Morgan fingerprint density at radius 2 is 2.43 bits per heavy atom. The molecule has 0 radical (unpaired) electrons. The molecule has 0 fully saturated rings. The molecule has 76 valence electrons. The molecule has 1 aliphatic rings. The Kier molecular flexibility index (Phi) is 2.66. The highest BCUT2D eigenvalue weighted by Gasteiger charge is 2.27. The molecule has 0 aliphatic carbocycles. The highest BCUT2D eigenvalue weighted by molar-refractivity contribution is 6.31. The van der Waals surface area contributed by atoms with Gasteiger partial charge in [0.1, 0.15) is 5.75 Å². The minimum absolute atomic E-state index is 0.235. The summed E-state index contributed by atoms with van der Waals surface area (Å²) >= 11 is 6.09. The van der Waals surface area contributed by atoms with Gasteiger partial charge in [0.2, 0.25) is 0 Å². The van der Waals surface area contributed by atoms with E-state index in [0.717, 1.165) is 16.3 Å². The van der Waals surface area contributed by atoms with Gasteiger partial charge in [-0.1, -0.05) is 17.7 Å². The maximum Gasteiger partial charge on any atom is 0.124 e. The summed E-state index contributed by atoms with van der Waals surface area (Å²) in [5.41, 5.74) is 1.05. The number of hydrogen-bond donors (Lipinski definition) is 1. The van der Waals surface area contributed by atoms with Gasteiger partial charge >= 0.3 is 0 Å². The summed E-state index contributed by atoms with van der Waals surface area (Å²) in [7, 11) is 0. The number of benzene rings is 1. The lowest BCUT2D eigenvalue weighted by molar-refractivity contribution is 0.167. The predicted molar refractivity (Wildman–Crippen MR) is 56.0 cm³/mol. The SMILES string of the molecule is CC(O)CC1COc2cccc(Cl)c21. The van der Waals surface area contributed by atoms with Crippen LogP contribution in [0.1, 0.15) is 24.8 Å². The van der Waals surface area contributed by atoms with Crippen LogP contribution in [0.15, 0.2) is 18.2 Å². The molecule has 1 aliphatic heterocycles. The Balaban J connectivity index is 2.29. The van der Waals surface area contributed by atoms with Crippen molar-refractivity contribution in [3.8, 4) is 5.75 Å². The van der Waals surface area contributed by atoms with Gasteiger partial charge in [-0.15, -0.1) is 0 Å². The van der Waals surface area contributed by atoms with Gasteiger partial charge in [0, 0.05) is 16.5 Å². The Morgan fingerprint density at radius 1 is 1.64 bits per heavy atom. The first-order valence-corrected chi connectivity index (χ1v) is 5.15. The van der Waals surface area contributed by atoms with Crippen molar-refractivity contribution in [1.82, 2.24) is 0 Å². The van der Waals surface area contributed by atoms with Crippen molar-refractivity contribution in [1.29, 1.82) is 0 Å². The Morgan fingerprint density at radius 3 is 3.14 bits per heavy atom. The largest absolute Gasteiger partial charge is 0.493 e. The van der Waals surface area contributed by atoms with Crippen molar-refractivity contribution in [3.63, 3.8) is 0 Å². The molecule has 0 amide bonds. The molecule has 2 rings (SSSR count). The number of aliphatic hydroxyl groups is 1. The number of rotatable bonds is 2. The van der Waals surface area contributed by atoms with E-state index >= 15 is 0 Å². The molecule has 0 spiro atoms. The van der Waals surface area contributed by atoms with Crippen LogP contribution in [0.3, 0.4) is 0 Å². The molecule has 0 saturated heterocycles. The smallest absolute Gasteiger partial charge is 0.124 e. The summed E-state index contributed by atoms with van der Waals surface area (Å²) in [5, 5.41) is 10.1. The summed E-state index contributed by atoms with van der Waals surface area (Å²) in [5.74, 6) is 1.10. The van der Waals surface area contributed by atoms with Gasteiger partial charge in [-0.2, -0.15) is 0 Å². The van der Waals surface area contributed by atoms with Gasteiger partial charge < -0.3 is 9.84 Å². The third-order valence-electron chi connectivity index (χ3n) is 2.49.